The van der Waals surface area contributed by atoms with Crippen LogP contribution in [0.1, 0.15) is 57.4 Å². The summed E-state index contributed by atoms with van der Waals surface area (Å²) < 4.78 is 5.29. The van der Waals surface area contributed by atoms with Gasteiger partial charge in [-0.2, -0.15) is 0 Å². The van der Waals surface area contributed by atoms with Crippen LogP contribution < -0.4 is 10.1 Å². The molecule has 0 aliphatic heterocycles. The average molecular weight is 261 g/mol. The van der Waals surface area contributed by atoms with Crippen molar-refractivity contribution < 1.29 is 4.74 Å². The van der Waals surface area contributed by atoms with E-state index in [0.717, 1.165) is 5.75 Å². The SMILES string of the molecule is CCCCC(C)NC1CC(c2cccc(OC)c2)C1. The molecule has 0 radical (unpaired) electrons. The Balaban J connectivity index is 1.76. The first-order chi connectivity index (χ1) is 9.22. The number of ether oxygens (including phenoxy) is 1. The minimum absolute atomic E-state index is 0.663. The van der Waals surface area contributed by atoms with Crippen molar-refractivity contribution in [2.45, 2.75) is 64.0 Å². The zero-order valence-electron chi connectivity index (χ0n) is 12.5. The van der Waals surface area contributed by atoms with E-state index in [1.54, 1.807) is 7.11 Å². The fourth-order valence-electron chi connectivity index (χ4n) is 2.92. The Kier molecular flexibility index (Phi) is 5.26. The molecule has 1 unspecified atom stereocenters. The van der Waals surface area contributed by atoms with Crippen LogP contribution in [0.4, 0.5) is 0 Å². The zero-order valence-corrected chi connectivity index (χ0v) is 12.5. The standard InChI is InChI=1S/C17H27NO/c1-4-5-7-13(2)18-16-10-15(11-16)14-8-6-9-17(12-14)19-3/h6,8-9,12-13,15-16,18H,4-5,7,10-11H2,1-3H3. The predicted molar refractivity (Wildman–Crippen MR) is 80.9 cm³/mol. The van der Waals surface area contributed by atoms with Crippen LogP contribution in [0.2, 0.25) is 0 Å². The Morgan fingerprint density at radius 2 is 2.16 bits per heavy atom. The Bertz CT molecular complexity index is 385. The van der Waals surface area contributed by atoms with Crippen molar-refractivity contribution >= 4 is 0 Å². The lowest BCUT2D eigenvalue weighted by atomic mass is 9.75. The van der Waals surface area contributed by atoms with Gasteiger partial charge in [0.05, 0.1) is 7.11 Å². The average Bonchev–Trinajstić information content (AvgIpc) is 2.40. The van der Waals surface area contributed by atoms with Crippen LogP contribution >= 0.6 is 0 Å². The number of unbranched alkanes of at least 4 members (excludes halogenated alkanes) is 1. The monoisotopic (exact) mass is 261 g/mol. The van der Waals surface area contributed by atoms with Crippen molar-refractivity contribution in [3.63, 3.8) is 0 Å². The number of benzene rings is 1. The smallest absolute Gasteiger partial charge is 0.119 e. The topological polar surface area (TPSA) is 21.3 Å². The molecule has 1 saturated carbocycles. The van der Waals surface area contributed by atoms with Crippen molar-refractivity contribution in [2.75, 3.05) is 7.11 Å². The van der Waals surface area contributed by atoms with E-state index in [-0.39, 0.29) is 0 Å². The number of hydrogen-bond donors (Lipinski definition) is 1. The van der Waals surface area contributed by atoms with Crippen LogP contribution in [0.5, 0.6) is 5.75 Å². The van der Waals surface area contributed by atoms with Crippen molar-refractivity contribution in [1.29, 1.82) is 0 Å². The Labute approximate surface area is 117 Å². The van der Waals surface area contributed by atoms with Crippen LogP contribution in [0, 0.1) is 0 Å². The van der Waals surface area contributed by atoms with E-state index in [1.165, 1.54) is 37.7 Å². The molecule has 1 aromatic carbocycles. The third kappa shape index (κ3) is 3.97. The summed E-state index contributed by atoms with van der Waals surface area (Å²) >= 11 is 0. The molecule has 1 N–H and O–H groups in total. The van der Waals surface area contributed by atoms with E-state index < -0.39 is 0 Å². The van der Waals surface area contributed by atoms with Crippen LogP contribution in [0.25, 0.3) is 0 Å². The van der Waals surface area contributed by atoms with Crippen LogP contribution in [-0.2, 0) is 0 Å². The molecule has 2 nitrogen and oxygen atoms in total. The first kappa shape index (κ1) is 14.4. The maximum Gasteiger partial charge on any atom is 0.119 e. The van der Waals surface area contributed by atoms with Crippen LogP contribution in [0.15, 0.2) is 24.3 Å². The van der Waals surface area contributed by atoms with Gasteiger partial charge in [0.1, 0.15) is 5.75 Å². The van der Waals surface area contributed by atoms with Gasteiger partial charge in [0, 0.05) is 12.1 Å². The highest BCUT2D eigenvalue weighted by Crippen LogP contribution is 2.38. The molecule has 2 heteroatoms. The minimum atomic E-state index is 0.663. The van der Waals surface area contributed by atoms with E-state index in [0.29, 0.717) is 18.0 Å². The Morgan fingerprint density at radius 3 is 2.84 bits per heavy atom. The van der Waals surface area contributed by atoms with Crippen molar-refractivity contribution in [3.8, 4) is 5.75 Å². The summed E-state index contributed by atoms with van der Waals surface area (Å²) in [4.78, 5) is 0. The zero-order chi connectivity index (χ0) is 13.7. The number of hydrogen-bond acceptors (Lipinski definition) is 2. The molecule has 1 atom stereocenters. The van der Waals surface area contributed by atoms with Crippen molar-refractivity contribution in [3.05, 3.63) is 29.8 Å². The van der Waals surface area contributed by atoms with Gasteiger partial charge >= 0.3 is 0 Å². The number of nitrogens with one attached hydrogen (secondary N) is 1. The molecule has 0 bridgehead atoms. The van der Waals surface area contributed by atoms with Gasteiger partial charge in [-0.3, -0.25) is 0 Å². The first-order valence-corrected chi connectivity index (χ1v) is 7.63. The second-order valence-corrected chi connectivity index (χ2v) is 5.85. The molecule has 1 fully saturated rings. The van der Waals surface area contributed by atoms with E-state index in [1.807, 2.05) is 6.07 Å². The molecule has 0 saturated heterocycles. The van der Waals surface area contributed by atoms with E-state index in [4.69, 9.17) is 4.74 Å². The van der Waals surface area contributed by atoms with E-state index in [2.05, 4.69) is 37.4 Å². The largest absolute Gasteiger partial charge is 0.497 e. The molecule has 0 aromatic heterocycles. The summed E-state index contributed by atoms with van der Waals surface area (Å²) in [6, 6.07) is 9.90. The highest BCUT2D eigenvalue weighted by Gasteiger charge is 2.30. The highest BCUT2D eigenvalue weighted by molar-refractivity contribution is 5.32. The second kappa shape index (κ2) is 6.95. The predicted octanol–water partition coefficient (Wildman–Crippen LogP) is 4.11. The van der Waals surface area contributed by atoms with Gasteiger partial charge in [0.25, 0.3) is 0 Å². The fraction of sp³-hybridized carbons (Fsp3) is 0.647. The fourth-order valence-corrected chi connectivity index (χ4v) is 2.92. The minimum Gasteiger partial charge on any atom is -0.497 e. The van der Waals surface area contributed by atoms with E-state index >= 15 is 0 Å². The molecule has 106 valence electrons. The molecule has 0 heterocycles. The third-order valence-corrected chi connectivity index (χ3v) is 4.21. The summed E-state index contributed by atoms with van der Waals surface area (Å²) in [5.74, 6) is 1.69. The van der Waals surface area contributed by atoms with Gasteiger partial charge in [0.15, 0.2) is 0 Å². The maximum absolute atomic E-state index is 5.29. The lowest BCUT2D eigenvalue weighted by Crippen LogP contribution is -2.44. The van der Waals surface area contributed by atoms with Gasteiger partial charge in [-0.05, 0) is 49.8 Å². The van der Waals surface area contributed by atoms with Gasteiger partial charge in [-0.25, -0.2) is 0 Å². The number of rotatable bonds is 7. The summed E-state index contributed by atoms with van der Waals surface area (Å²) in [5.41, 5.74) is 1.43. The Morgan fingerprint density at radius 1 is 1.37 bits per heavy atom. The molecule has 1 aliphatic carbocycles. The normalized spacial score (nSPS) is 23.7. The molecule has 1 aromatic rings. The summed E-state index contributed by atoms with van der Waals surface area (Å²) in [7, 11) is 1.74. The van der Waals surface area contributed by atoms with Gasteiger partial charge < -0.3 is 10.1 Å². The summed E-state index contributed by atoms with van der Waals surface area (Å²) in [6.07, 6.45) is 6.47. The van der Waals surface area contributed by atoms with E-state index in [9.17, 15) is 0 Å². The maximum atomic E-state index is 5.29. The Hall–Kier alpha value is -1.02. The molecule has 0 spiro atoms. The molecule has 1 aliphatic rings. The van der Waals surface area contributed by atoms with Gasteiger partial charge in [-0.15, -0.1) is 0 Å². The number of methoxy groups -OCH3 is 1. The molecular formula is C17H27NO. The second-order valence-electron chi connectivity index (χ2n) is 5.85. The highest BCUT2D eigenvalue weighted by atomic mass is 16.5. The van der Waals surface area contributed by atoms with Gasteiger partial charge in [0.2, 0.25) is 0 Å². The van der Waals surface area contributed by atoms with Crippen molar-refractivity contribution in [2.24, 2.45) is 0 Å². The third-order valence-electron chi connectivity index (χ3n) is 4.21. The summed E-state index contributed by atoms with van der Waals surface area (Å²) in [6.45, 7) is 4.57. The first-order valence-electron chi connectivity index (χ1n) is 7.63. The molecular weight excluding hydrogens is 234 g/mol. The van der Waals surface area contributed by atoms with Crippen LogP contribution in [0.3, 0.4) is 0 Å². The quantitative estimate of drug-likeness (QED) is 0.797. The summed E-state index contributed by atoms with van der Waals surface area (Å²) in [5, 5.41) is 3.75. The van der Waals surface area contributed by atoms with Crippen molar-refractivity contribution in [1.82, 2.24) is 5.32 Å². The van der Waals surface area contributed by atoms with Gasteiger partial charge in [-0.1, -0.05) is 31.9 Å². The lowest BCUT2D eigenvalue weighted by Gasteiger charge is -2.38. The lowest BCUT2D eigenvalue weighted by molar-refractivity contribution is 0.263. The molecule has 0 amide bonds. The van der Waals surface area contributed by atoms with Crippen LogP contribution in [-0.4, -0.2) is 19.2 Å². The molecule has 19 heavy (non-hydrogen) atoms. The molecule has 2 rings (SSSR count).